The Morgan fingerprint density at radius 2 is 1.94 bits per heavy atom. The van der Waals surface area contributed by atoms with Crippen LogP contribution in [0.15, 0.2) is 22.7 Å². The molecule has 0 aliphatic carbocycles. The lowest BCUT2D eigenvalue weighted by Crippen LogP contribution is -2.22. The first-order valence-corrected chi connectivity index (χ1v) is 7.23. The molecule has 0 saturated heterocycles. The summed E-state index contributed by atoms with van der Waals surface area (Å²) in [4.78, 5) is 12.1. The van der Waals surface area contributed by atoms with Crippen LogP contribution in [0.1, 0.15) is 39.5 Å². The van der Waals surface area contributed by atoms with Gasteiger partial charge < -0.3 is 11.1 Å². The number of amides is 1. The molecule has 0 spiro atoms. The third kappa shape index (κ3) is 4.33. The Bertz CT molecular complexity index is 401. The van der Waals surface area contributed by atoms with Gasteiger partial charge in [-0.2, -0.15) is 0 Å². The van der Waals surface area contributed by atoms with Crippen molar-refractivity contribution in [3.8, 4) is 0 Å². The number of hydrogen-bond donors (Lipinski definition) is 2. The number of benzene rings is 1. The molecular weight excluding hydrogens is 292 g/mol. The highest BCUT2D eigenvalue weighted by Gasteiger charge is 2.16. The fraction of sp³-hybridized carbons (Fsp3) is 0.500. The van der Waals surface area contributed by atoms with Crippen LogP contribution in [0.5, 0.6) is 0 Å². The van der Waals surface area contributed by atoms with Gasteiger partial charge in [0, 0.05) is 21.8 Å². The van der Waals surface area contributed by atoms with E-state index in [4.69, 9.17) is 5.73 Å². The lowest BCUT2D eigenvalue weighted by molar-refractivity contribution is -0.120. The first-order valence-electron chi connectivity index (χ1n) is 6.44. The SMILES string of the molecule is CCCC(CCC)C(=O)Nc1ccc(Br)c(N)c1. The molecule has 3 N–H and O–H groups in total. The number of rotatable bonds is 6. The predicted octanol–water partition coefficient (Wildman–Crippen LogP) is 4.19. The first-order chi connectivity index (χ1) is 8.58. The number of halogens is 1. The summed E-state index contributed by atoms with van der Waals surface area (Å²) in [5.41, 5.74) is 7.19. The molecule has 0 atom stereocenters. The Kier molecular flexibility index (Phi) is 6.19. The van der Waals surface area contributed by atoms with Crippen molar-refractivity contribution in [2.75, 3.05) is 11.1 Å². The molecule has 0 aliphatic heterocycles. The van der Waals surface area contributed by atoms with Crippen LogP contribution in [0.4, 0.5) is 11.4 Å². The van der Waals surface area contributed by atoms with Crippen LogP contribution in [0.3, 0.4) is 0 Å². The Labute approximate surface area is 117 Å². The molecule has 0 heterocycles. The lowest BCUT2D eigenvalue weighted by atomic mass is 9.97. The Morgan fingerprint density at radius 3 is 2.44 bits per heavy atom. The normalized spacial score (nSPS) is 10.7. The van der Waals surface area contributed by atoms with E-state index in [-0.39, 0.29) is 11.8 Å². The van der Waals surface area contributed by atoms with Gasteiger partial charge in [-0.25, -0.2) is 0 Å². The van der Waals surface area contributed by atoms with E-state index in [1.165, 1.54) is 0 Å². The van der Waals surface area contributed by atoms with Crippen molar-refractivity contribution in [2.24, 2.45) is 5.92 Å². The smallest absolute Gasteiger partial charge is 0.227 e. The lowest BCUT2D eigenvalue weighted by Gasteiger charge is -2.15. The number of hydrogen-bond acceptors (Lipinski definition) is 2. The summed E-state index contributed by atoms with van der Waals surface area (Å²) in [5, 5.41) is 2.94. The Morgan fingerprint density at radius 1 is 1.33 bits per heavy atom. The summed E-state index contributed by atoms with van der Waals surface area (Å²) in [7, 11) is 0. The second kappa shape index (κ2) is 7.41. The van der Waals surface area contributed by atoms with Crippen LogP contribution in [0, 0.1) is 5.92 Å². The van der Waals surface area contributed by atoms with Gasteiger partial charge in [0.1, 0.15) is 0 Å². The molecule has 1 amide bonds. The van der Waals surface area contributed by atoms with E-state index in [0.29, 0.717) is 5.69 Å². The molecular formula is C14H21BrN2O. The largest absolute Gasteiger partial charge is 0.398 e. The number of carbonyl (C=O) groups excluding carboxylic acids is 1. The summed E-state index contributed by atoms with van der Waals surface area (Å²) in [6, 6.07) is 5.48. The van der Waals surface area contributed by atoms with Crippen molar-refractivity contribution in [1.29, 1.82) is 0 Å². The van der Waals surface area contributed by atoms with Crippen molar-refractivity contribution in [1.82, 2.24) is 0 Å². The minimum Gasteiger partial charge on any atom is -0.398 e. The van der Waals surface area contributed by atoms with Gasteiger partial charge in [-0.1, -0.05) is 26.7 Å². The number of carbonyl (C=O) groups is 1. The van der Waals surface area contributed by atoms with Gasteiger partial charge in [0.25, 0.3) is 0 Å². The fourth-order valence-corrected chi connectivity index (χ4v) is 2.22. The van der Waals surface area contributed by atoms with E-state index in [2.05, 4.69) is 35.1 Å². The highest BCUT2D eigenvalue weighted by molar-refractivity contribution is 9.10. The Hall–Kier alpha value is -1.03. The molecule has 1 aromatic rings. The fourth-order valence-electron chi connectivity index (χ4n) is 1.97. The average Bonchev–Trinajstić information content (AvgIpc) is 2.33. The van der Waals surface area contributed by atoms with E-state index in [0.717, 1.165) is 35.8 Å². The summed E-state index contributed by atoms with van der Waals surface area (Å²) in [6.07, 6.45) is 3.93. The minimum absolute atomic E-state index is 0.0976. The molecule has 0 radical (unpaired) electrons. The third-order valence-electron chi connectivity index (χ3n) is 2.91. The average molecular weight is 313 g/mol. The van der Waals surface area contributed by atoms with E-state index in [9.17, 15) is 4.79 Å². The van der Waals surface area contributed by atoms with Gasteiger partial charge in [-0.05, 0) is 47.0 Å². The molecule has 0 bridgehead atoms. The zero-order valence-corrected chi connectivity index (χ0v) is 12.6. The number of nitrogens with two attached hydrogens (primary N) is 1. The summed E-state index contributed by atoms with van der Waals surface area (Å²) < 4.78 is 0.846. The van der Waals surface area contributed by atoms with Gasteiger partial charge >= 0.3 is 0 Å². The zero-order valence-electron chi connectivity index (χ0n) is 11.0. The van der Waals surface area contributed by atoms with Gasteiger partial charge in [-0.3, -0.25) is 4.79 Å². The molecule has 0 aliphatic rings. The van der Waals surface area contributed by atoms with Crippen LogP contribution in [-0.2, 0) is 4.79 Å². The van der Waals surface area contributed by atoms with Crippen molar-refractivity contribution >= 4 is 33.2 Å². The monoisotopic (exact) mass is 312 g/mol. The molecule has 4 heteroatoms. The predicted molar refractivity (Wildman–Crippen MR) is 80.5 cm³/mol. The highest BCUT2D eigenvalue weighted by atomic mass is 79.9. The third-order valence-corrected chi connectivity index (χ3v) is 3.63. The molecule has 0 saturated carbocycles. The molecule has 1 aromatic carbocycles. The van der Waals surface area contributed by atoms with Crippen molar-refractivity contribution in [3.05, 3.63) is 22.7 Å². The van der Waals surface area contributed by atoms with Gasteiger partial charge in [0.15, 0.2) is 0 Å². The van der Waals surface area contributed by atoms with Gasteiger partial charge in [0.2, 0.25) is 5.91 Å². The van der Waals surface area contributed by atoms with Crippen LogP contribution in [-0.4, -0.2) is 5.91 Å². The van der Waals surface area contributed by atoms with E-state index in [1.54, 1.807) is 6.07 Å². The highest BCUT2D eigenvalue weighted by Crippen LogP contribution is 2.24. The maximum absolute atomic E-state index is 12.1. The number of nitrogens with one attached hydrogen (secondary N) is 1. The molecule has 18 heavy (non-hydrogen) atoms. The van der Waals surface area contributed by atoms with E-state index >= 15 is 0 Å². The molecule has 0 aromatic heterocycles. The molecule has 0 fully saturated rings. The molecule has 0 unspecified atom stereocenters. The zero-order chi connectivity index (χ0) is 13.5. The number of nitrogen functional groups attached to an aromatic ring is 1. The van der Waals surface area contributed by atoms with Crippen molar-refractivity contribution in [3.63, 3.8) is 0 Å². The second-order valence-corrected chi connectivity index (χ2v) is 5.35. The van der Waals surface area contributed by atoms with Crippen LogP contribution in [0.2, 0.25) is 0 Å². The maximum Gasteiger partial charge on any atom is 0.227 e. The molecule has 3 nitrogen and oxygen atoms in total. The van der Waals surface area contributed by atoms with Crippen LogP contribution >= 0.6 is 15.9 Å². The standard InChI is InChI=1S/C14H21BrN2O/c1-3-5-10(6-4-2)14(18)17-11-7-8-12(15)13(16)9-11/h7-10H,3-6,16H2,1-2H3,(H,17,18). The van der Waals surface area contributed by atoms with Crippen LogP contribution in [0.25, 0.3) is 0 Å². The molecule has 1 rings (SSSR count). The van der Waals surface area contributed by atoms with E-state index in [1.807, 2.05) is 12.1 Å². The van der Waals surface area contributed by atoms with E-state index < -0.39 is 0 Å². The first kappa shape index (κ1) is 15.0. The Balaban J connectivity index is 2.69. The quantitative estimate of drug-likeness (QED) is 0.774. The van der Waals surface area contributed by atoms with Crippen molar-refractivity contribution < 1.29 is 4.79 Å². The van der Waals surface area contributed by atoms with Crippen LogP contribution < -0.4 is 11.1 Å². The second-order valence-electron chi connectivity index (χ2n) is 4.50. The summed E-state index contributed by atoms with van der Waals surface area (Å²) in [5.74, 6) is 0.199. The maximum atomic E-state index is 12.1. The minimum atomic E-state index is 0.0976. The topological polar surface area (TPSA) is 55.1 Å². The summed E-state index contributed by atoms with van der Waals surface area (Å²) in [6.45, 7) is 4.21. The number of anilines is 2. The van der Waals surface area contributed by atoms with Gasteiger partial charge in [0.05, 0.1) is 0 Å². The molecule has 100 valence electrons. The van der Waals surface area contributed by atoms with Crippen molar-refractivity contribution in [2.45, 2.75) is 39.5 Å². The summed E-state index contributed by atoms with van der Waals surface area (Å²) >= 11 is 3.34. The van der Waals surface area contributed by atoms with Gasteiger partial charge in [-0.15, -0.1) is 0 Å².